The minimum atomic E-state index is -0.374. The molecule has 164 valence electrons. The summed E-state index contributed by atoms with van der Waals surface area (Å²) in [5, 5.41) is 5.30. The number of fused-ring (bicyclic) bond motifs is 1. The van der Waals surface area contributed by atoms with Crippen molar-refractivity contribution in [3.05, 3.63) is 103 Å². The molecule has 0 unspecified atom stereocenters. The molecule has 0 aliphatic carbocycles. The molecule has 4 aromatic rings. The third kappa shape index (κ3) is 5.00. The van der Waals surface area contributed by atoms with Crippen LogP contribution in [0.1, 0.15) is 24.0 Å². The zero-order chi connectivity index (χ0) is 22.5. The van der Waals surface area contributed by atoms with Crippen LogP contribution in [-0.2, 0) is 24.4 Å². The summed E-state index contributed by atoms with van der Waals surface area (Å²) in [6, 6.07) is 18.7. The van der Waals surface area contributed by atoms with Crippen molar-refractivity contribution in [2.45, 2.75) is 32.5 Å². The van der Waals surface area contributed by atoms with Crippen molar-refractivity contribution in [1.82, 2.24) is 14.5 Å². The summed E-state index contributed by atoms with van der Waals surface area (Å²) >= 11 is 7.28. The monoisotopic (exact) mass is 467 g/mol. The van der Waals surface area contributed by atoms with E-state index in [2.05, 4.69) is 5.32 Å². The minimum absolute atomic E-state index is 0.111. The van der Waals surface area contributed by atoms with Crippen LogP contribution < -0.4 is 16.6 Å². The molecule has 2 aromatic carbocycles. The van der Waals surface area contributed by atoms with Crippen molar-refractivity contribution < 1.29 is 4.79 Å². The van der Waals surface area contributed by atoms with Crippen molar-refractivity contribution in [2.24, 2.45) is 0 Å². The van der Waals surface area contributed by atoms with Crippen molar-refractivity contribution in [3.8, 4) is 0 Å². The van der Waals surface area contributed by atoms with E-state index in [4.69, 9.17) is 11.6 Å². The number of nitrogens with one attached hydrogen (secondary N) is 1. The molecule has 0 saturated carbocycles. The smallest absolute Gasteiger partial charge is 0.331 e. The molecule has 1 amide bonds. The number of rotatable bonds is 8. The number of hydrogen-bond acceptors (Lipinski definition) is 4. The van der Waals surface area contributed by atoms with Gasteiger partial charge in [-0.05, 0) is 41.1 Å². The molecule has 4 rings (SSSR count). The van der Waals surface area contributed by atoms with Gasteiger partial charge in [-0.2, -0.15) is 0 Å². The zero-order valence-electron chi connectivity index (χ0n) is 17.3. The summed E-state index contributed by atoms with van der Waals surface area (Å²) in [7, 11) is 0. The van der Waals surface area contributed by atoms with Crippen LogP contribution in [0, 0.1) is 0 Å². The van der Waals surface area contributed by atoms with Gasteiger partial charge in [0.15, 0.2) is 0 Å². The number of hydrogen-bond donors (Lipinski definition) is 1. The summed E-state index contributed by atoms with van der Waals surface area (Å²) in [6.45, 7) is 0.973. The third-order valence-corrected chi connectivity index (χ3v) is 6.35. The van der Waals surface area contributed by atoms with Crippen molar-refractivity contribution in [1.29, 1.82) is 0 Å². The number of aromatic nitrogens is 2. The maximum absolute atomic E-state index is 13.2. The summed E-state index contributed by atoms with van der Waals surface area (Å²) in [6.07, 6.45) is 0.631. The van der Waals surface area contributed by atoms with E-state index in [-0.39, 0.29) is 30.1 Å². The molecule has 2 heterocycles. The Hall–Kier alpha value is -3.16. The molecule has 0 bridgehead atoms. The van der Waals surface area contributed by atoms with E-state index >= 15 is 0 Å². The molecule has 2 aromatic heterocycles. The Kier molecular flexibility index (Phi) is 6.87. The molecule has 0 aliphatic rings. The maximum Gasteiger partial charge on any atom is 0.331 e. The summed E-state index contributed by atoms with van der Waals surface area (Å²) in [5.74, 6) is -0.111. The Morgan fingerprint density at radius 3 is 2.44 bits per heavy atom. The van der Waals surface area contributed by atoms with E-state index in [9.17, 15) is 14.4 Å². The van der Waals surface area contributed by atoms with Gasteiger partial charge in [0.25, 0.3) is 5.56 Å². The van der Waals surface area contributed by atoms with Gasteiger partial charge in [0.2, 0.25) is 5.91 Å². The first-order valence-electron chi connectivity index (χ1n) is 10.3. The number of benzene rings is 2. The fourth-order valence-electron chi connectivity index (χ4n) is 3.54. The van der Waals surface area contributed by atoms with Gasteiger partial charge in [0, 0.05) is 24.5 Å². The van der Waals surface area contributed by atoms with Gasteiger partial charge in [-0.25, -0.2) is 4.79 Å². The number of amides is 1. The highest BCUT2D eigenvalue weighted by Gasteiger charge is 2.15. The summed E-state index contributed by atoms with van der Waals surface area (Å²) in [4.78, 5) is 38.2. The number of nitrogens with zero attached hydrogens (tertiary/aromatic N) is 2. The Balaban J connectivity index is 1.48. The summed E-state index contributed by atoms with van der Waals surface area (Å²) in [5.41, 5.74) is 1.87. The molecule has 0 fully saturated rings. The normalized spacial score (nSPS) is 11.0. The van der Waals surface area contributed by atoms with Crippen LogP contribution in [0.4, 0.5) is 0 Å². The maximum atomic E-state index is 13.2. The number of carbonyl (C=O) groups excluding carboxylic acids is 1. The second kappa shape index (κ2) is 9.97. The fraction of sp³-hybridized carbons (Fsp3) is 0.208. The predicted octanol–water partition coefficient (Wildman–Crippen LogP) is 4.02. The quantitative estimate of drug-likeness (QED) is 0.425. The first kappa shape index (κ1) is 22.0. The molecule has 6 nitrogen and oxygen atoms in total. The molecule has 0 spiro atoms. The van der Waals surface area contributed by atoms with E-state index in [0.29, 0.717) is 34.7 Å². The van der Waals surface area contributed by atoms with E-state index in [1.54, 1.807) is 22.8 Å². The van der Waals surface area contributed by atoms with Gasteiger partial charge in [0.05, 0.1) is 12.1 Å². The fourth-order valence-corrected chi connectivity index (χ4v) is 4.51. The van der Waals surface area contributed by atoms with Crippen LogP contribution in [0.3, 0.4) is 0 Å². The van der Waals surface area contributed by atoms with E-state index < -0.39 is 0 Å². The molecule has 0 atom stereocenters. The van der Waals surface area contributed by atoms with Crippen LogP contribution in [0.25, 0.3) is 10.2 Å². The molecule has 0 saturated heterocycles. The van der Waals surface area contributed by atoms with Crippen LogP contribution >= 0.6 is 22.9 Å². The van der Waals surface area contributed by atoms with Crippen LogP contribution in [0.5, 0.6) is 0 Å². The standard InChI is InChI=1S/C24H22ClN3O3S/c25-19-10-8-18(9-11-19)16-28-20-12-14-32-22(20)23(30)27(24(28)31)13-4-7-21(29)26-15-17-5-2-1-3-6-17/h1-3,5-6,8-12,14H,4,7,13,15-16H2,(H,26,29). The van der Waals surface area contributed by atoms with Gasteiger partial charge in [0.1, 0.15) is 4.70 Å². The first-order valence-corrected chi connectivity index (χ1v) is 11.5. The van der Waals surface area contributed by atoms with Gasteiger partial charge < -0.3 is 5.32 Å². The Bertz CT molecular complexity index is 1340. The topological polar surface area (TPSA) is 73.1 Å². The molecule has 8 heteroatoms. The minimum Gasteiger partial charge on any atom is -0.352 e. The van der Waals surface area contributed by atoms with E-state index in [1.807, 2.05) is 47.8 Å². The molecule has 0 radical (unpaired) electrons. The lowest BCUT2D eigenvalue weighted by Crippen LogP contribution is -2.40. The zero-order valence-corrected chi connectivity index (χ0v) is 18.9. The number of thiophene rings is 1. The Morgan fingerprint density at radius 1 is 0.938 bits per heavy atom. The largest absolute Gasteiger partial charge is 0.352 e. The second-order valence-electron chi connectivity index (χ2n) is 7.45. The first-order chi connectivity index (χ1) is 15.5. The van der Waals surface area contributed by atoms with Crippen molar-refractivity contribution in [2.75, 3.05) is 0 Å². The lowest BCUT2D eigenvalue weighted by molar-refractivity contribution is -0.121. The van der Waals surface area contributed by atoms with Gasteiger partial charge in [-0.15, -0.1) is 11.3 Å². The molecular weight excluding hydrogens is 446 g/mol. The molecule has 0 aliphatic heterocycles. The SMILES string of the molecule is O=C(CCCn1c(=O)c2sccc2n(Cc2ccc(Cl)cc2)c1=O)NCc1ccccc1. The van der Waals surface area contributed by atoms with Crippen molar-refractivity contribution >= 4 is 39.1 Å². The van der Waals surface area contributed by atoms with Gasteiger partial charge >= 0.3 is 5.69 Å². The van der Waals surface area contributed by atoms with Crippen LogP contribution in [0.2, 0.25) is 5.02 Å². The highest BCUT2D eigenvalue weighted by molar-refractivity contribution is 7.17. The molecule has 1 N–H and O–H groups in total. The van der Waals surface area contributed by atoms with E-state index in [0.717, 1.165) is 11.1 Å². The van der Waals surface area contributed by atoms with Gasteiger partial charge in [-0.3, -0.25) is 18.7 Å². The summed E-state index contributed by atoms with van der Waals surface area (Å²) < 4.78 is 3.37. The lowest BCUT2D eigenvalue weighted by Gasteiger charge is -2.12. The van der Waals surface area contributed by atoms with Crippen LogP contribution in [-0.4, -0.2) is 15.0 Å². The van der Waals surface area contributed by atoms with Crippen molar-refractivity contribution in [3.63, 3.8) is 0 Å². The number of halogens is 1. The van der Waals surface area contributed by atoms with E-state index in [1.165, 1.54) is 15.9 Å². The number of carbonyl (C=O) groups is 1. The lowest BCUT2D eigenvalue weighted by atomic mass is 10.2. The molecule has 32 heavy (non-hydrogen) atoms. The molecular formula is C24H22ClN3O3S. The average molecular weight is 468 g/mol. The predicted molar refractivity (Wildman–Crippen MR) is 128 cm³/mol. The highest BCUT2D eigenvalue weighted by atomic mass is 35.5. The average Bonchev–Trinajstić information content (AvgIpc) is 3.29. The highest BCUT2D eigenvalue weighted by Crippen LogP contribution is 2.17. The Morgan fingerprint density at radius 2 is 1.69 bits per heavy atom. The van der Waals surface area contributed by atoms with Crippen LogP contribution in [0.15, 0.2) is 75.6 Å². The Labute approximate surface area is 193 Å². The second-order valence-corrected chi connectivity index (χ2v) is 8.81. The third-order valence-electron chi connectivity index (χ3n) is 5.21. The van der Waals surface area contributed by atoms with Gasteiger partial charge in [-0.1, -0.05) is 54.1 Å².